The van der Waals surface area contributed by atoms with E-state index in [1.807, 2.05) is 19.1 Å². The van der Waals surface area contributed by atoms with E-state index in [-0.39, 0.29) is 36.2 Å². The van der Waals surface area contributed by atoms with E-state index >= 15 is 0 Å². The fraction of sp³-hybridized carbons (Fsp3) is 0.462. The van der Waals surface area contributed by atoms with Crippen molar-refractivity contribution in [3.63, 3.8) is 0 Å². The Morgan fingerprint density at radius 1 is 1.00 bits per heavy atom. The molecule has 0 aliphatic heterocycles. The van der Waals surface area contributed by atoms with Gasteiger partial charge >= 0.3 is 0 Å². The second-order valence-corrected chi connectivity index (χ2v) is 10.9. The normalized spacial score (nSPS) is 12.4. The van der Waals surface area contributed by atoms with E-state index in [0.29, 0.717) is 24.4 Å². The number of sulfonamides is 1. The van der Waals surface area contributed by atoms with E-state index < -0.39 is 16.1 Å². The van der Waals surface area contributed by atoms with Crippen molar-refractivity contribution in [2.75, 3.05) is 20.1 Å². The van der Waals surface area contributed by atoms with Gasteiger partial charge in [0.1, 0.15) is 6.04 Å². The topological polar surface area (TPSA) is 86.8 Å². The van der Waals surface area contributed by atoms with E-state index in [0.717, 1.165) is 18.4 Å². The van der Waals surface area contributed by atoms with Gasteiger partial charge in [-0.05, 0) is 49.1 Å². The number of nitrogens with zero attached hydrogens (tertiary/aromatic N) is 2. The molecule has 0 heterocycles. The highest BCUT2D eigenvalue weighted by Crippen LogP contribution is 2.18. The zero-order valence-electron chi connectivity index (χ0n) is 20.7. The number of carbonyl (C=O) groups is 2. The van der Waals surface area contributed by atoms with E-state index in [9.17, 15) is 18.0 Å². The van der Waals surface area contributed by atoms with Gasteiger partial charge in [-0.2, -0.15) is 0 Å². The van der Waals surface area contributed by atoms with E-state index in [2.05, 4.69) is 12.2 Å². The Morgan fingerprint density at radius 3 is 2.26 bits per heavy atom. The first kappa shape index (κ1) is 28.8. The van der Waals surface area contributed by atoms with Crippen molar-refractivity contribution in [3.05, 3.63) is 65.2 Å². The second kappa shape index (κ2) is 14.2. The summed E-state index contributed by atoms with van der Waals surface area (Å²) < 4.78 is 26.8. The number of unbranched alkanes of at least 4 members (excludes halogenated alkanes) is 1. The van der Waals surface area contributed by atoms with Gasteiger partial charge < -0.3 is 10.2 Å². The Labute approximate surface area is 214 Å². The van der Waals surface area contributed by atoms with Crippen LogP contribution in [0.25, 0.3) is 0 Å². The highest BCUT2D eigenvalue weighted by Gasteiger charge is 2.28. The van der Waals surface area contributed by atoms with Crippen molar-refractivity contribution in [2.45, 2.75) is 63.4 Å². The van der Waals surface area contributed by atoms with Crippen LogP contribution in [0.2, 0.25) is 5.02 Å². The molecule has 2 amide bonds. The third-order valence-corrected chi connectivity index (χ3v) is 7.92. The minimum Gasteiger partial charge on any atom is -0.354 e. The van der Waals surface area contributed by atoms with Gasteiger partial charge in [0, 0.05) is 38.1 Å². The second-order valence-electron chi connectivity index (χ2n) is 8.46. The lowest BCUT2D eigenvalue weighted by atomic mass is 10.1. The number of halogens is 1. The predicted molar refractivity (Wildman–Crippen MR) is 139 cm³/mol. The molecule has 9 heteroatoms. The summed E-state index contributed by atoms with van der Waals surface area (Å²) in [7, 11) is -2.12. The number of hydrogen-bond acceptors (Lipinski definition) is 4. The Balaban J connectivity index is 2.10. The summed E-state index contributed by atoms with van der Waals surface area (Å²) in [6.07, 6.45) is 2.77. The van der Waals surface area contributed by atoms with Crippen LogP contribution in [0.1, 0.15) is 51.5 Å². The molecule has 0 saturated heterocycles. The molecule has 0 spiro atoms. The van der Waals surface area contributed by atoms with E-state index in [1.54, 1.807) is 47.4 Å². The SMILES string of the molecule is CCCCNC(=O)[C@H](CC)N(Cc1ccc(Cl)cc1)C(=O)CCCN(C)S(=O)(=O)c1ccccc1. The molecule has 2 rings (SSSR count). The van der Waals surface area contributed by atoms with Crippen molar-refractivity contribution in [1.82, 2.24) is 14.5 Å². The minimum absolute atomic E-state index is 0.126. The van der Waals surface area contributed by atoms with Gasteiger partial charge in [-0.25, -0.2) is 12.7 Å². The Morgan fingerprint density at radius 2 is 1.66 bits per heavy atom. The van der Waals surface area contributed by atoms with Crippen molar-refractivity contribution < 1.29 is 18.0 Å². The maximum absolute atomic E-state index is 13.3. The molecule has 0 radical (unpaired) electrons. The van der Waals surface area contributed by atoms with E-state index in [4.69, 9.17) is 11.6 Å². The molecule has 0 aliphatic carbocycles. The largest absolute Gasteiger partial charge is 0.354 e. The molecule has 7 nitrogen and oxygen atoms in total. The van der Waals surface area contributed by atoms with Crippen LogP contribution in [0.3, 0.4) is 0 Å². The van der Waals surface area contributed by atoms with Crippen LogP contribution in [-0.4, -0.2) is 55.6 Å². The minimum atomic E-state index is -3.63. The van der Waals surface area contributed by atoms with Crippen LogP contribution in [0.4, 0.5) is 0 Å². The number of carbonyl (C=O) groups excluding carboxylic acids is 2. The maximum Gasteiger partial charge on any atom is 0.242 e. The average Bonchev–Trinajstić information content (AvgIpc) is 2.85. The smallest absolute Gasteiger partial charge is 0.242 e. The summed E-state index contributed by atoms with van der Waals surface area (Å²) in [6, 6.07) is 14.8. The first-order chi connectivity index (χ1) is 16.7. The lowest BCUT2D eigenvalue weighted by molar-refractivity contribution is -0.141. The molecule has 0 bridgehead atoms. The quantitative estimate of drug-likeness (QED) is 0.372. The molecular weight excluding hydrogens is 486 g/mol. The molecule has 35 heavy (non-hydrogen) atoms. The van der Waals surface area contributed by atoms with Crippen molar-refractivity contribution in [2.24, 2.45) is 0 Å². The molecular formula is C26H36ClN3O4S. The molecule has 0 aromatic heterocycles. The van der Waals surface area contributed by atoms with Gasteiger partial charge in [-0.15, -0.1) is 0 Å². The Bertz CT molecular complexity index is 1050. The molecule has 2 aromatic rings. The third-order valence-electron chi connectivity index (χ3n) is 5.80. The lowest BCUT2D eigenvalue weighted by Gasteiger charge is -2.31. The zero-order valence-corrected chi connectivity index (χ0v) is 22.3. The predicted octanol–water partition coefficient (Wildman–Crippen LogP) is 4.46. The van der Waals surface area contributed by atoms with Crippen LogP contribution in [0.15, 0.2) is 59.5 Å². The fourth-order valence-electron chi connectivity index (χ4n) is 3.70. The highest BCUT2D eigenvalue weighted by molar-refractivity contribution is 7.89. The van der Waals surface area contributed by atoms with Crippen LogP contribution >= 0.6 is 11.6 Å². The molecule has 0 aliphatic rings. The van der Waals surface area contributed by atoms with Gasteiger partial charge in [-0.3, -0.25) is 9.59 Å². The molecule has 0 fully saturated rings. The number of amides is 2. The monoisotopic (exact) mass is 521 g/mol. The summed E-state index contributed by atoms with van der Waals surface area (Å²) in [6.45, 7) is 4.96. The molecule has 1 atom stereocenters. The zero-order chi connectivity index (χ0) is 25.8. The van der Waals surface area contributed by atoms with E-state index in [1.165, 1.54) is 11.4 Å². The fourth-order valence-corrected chi connectivity index (χ4v) is 5.06. The summed E-state index contributed by atoms with van der Waals surface area (Å²) in [5, 5.41) is 3.53. The lowest BCUT2D eigenvalue weighted by Crippen LogP contribution is -2.49. The summed E-state index contributed by atoms with van der Waals surface area (Å²) in [5.41, 5.74) is 0.867. The van der Waals surface area contributed by atoms with Gasteiger partial charge in [0.15, 0.2) is 0 Å². The number of hydrogen-bond donors (Lipinski definition) is 1. The van der Waals surface area contributed by atoms with Crippen molar-refractivity contribution >= 4 is 33.4 Å². The van der Waals surface area contributed by atoms with Crippen LogP contribution in [-0.2, 0) is 26.2 Å². The first-order valence-corrected chi connectivity index (χ1v) is 13.9. The van der Waals surface area contributed by atoms with Crippen molar-refractivity contribution in [3.8, 4) is 0 Å². The van der Waals surface area contributed by atoms with Gasteiger partial charge in [0.05, 0.1) is 4.90 Å². The molecule has 1 N–H and O–H groups in total. The first-order valence-electron chi connectivity index (χ1n) is 12.0. The summed E-state index contributed by atoms with van der Waals surface area (Å²) >= 11 is 6.00. The van der Waals surface area contributed by atoms with Crippen LogP contribution < -0.4 is 5.32 Å². The van der Waals surface area contributed by atoms with Crippen molar-refractivity contribution in [1.29, 1.82) is 0 Å². The van der Waals surface area contributed by atoms with Gasteiger partial charge in [-0.1, -0.05) is 62.2 Å². The highest BCUT2D eigenvalue weighted by atomic mass is 35.5. The molecule has 0 saturated carbocycles. The number of nitrogens with one attached hydrogen (secondary N) is 1. The average molecular weight is 522 g/mol. The van der Waals surface area contributed by atoms with Gasteiger partial charge in [0.2, 0.25) is 21.8 Å². The Hall–Kier alpha value is -2.42. The number of rotatable bonds is 14. The van der Waals surface area contributed by atoms with Gasteiger partial charge in [0.25, 0.3) is 0 Å². The standard InChI is InChI=1S/C26H36ClN3O4S/c1-4-6-18-28-26(32)24(5-2)30(20-21-14-16-22(27)17-15-21)25(31)13-10-19-29(3)35(33,34)23-11-8-7-9-12-23/h7-9,11-12,14-17,24H,4-6,10,13,18-20H2,1-3H3,(H,28,32)/t24-/m0/s1. The molecule has 192 valence electrons. The summed E-state index contributed by atoms with van der Waals surface area (Å²) in [4.78, 5) is 28.0. The third kappa shape index (κ3) is 8.63. The van der Waals surface area contributed by atoms with Crippen LogP contribution in [0, 0.1) is 0 Å². The maximum atomic E-state index is 13.3. The van der Waals surface area contributed by atoms with Crippen LogP contribution in [0.5, 0.6) is 0 Å². The number of benzene rings is 2. The molecule has 2 aromatic carbocycles. The summed E-state index contributed by atoms with van der Waals surface area (Å²) in [5.74, 6) is -0.366. The molecule has 0 unspecified atom stereocenters. The Kier molecular flexibility index (Phi) is 11.7.